The predicted octanol–water partition coefficient (Wildman–Crippen LogP) is 18.5. The Morgan fingerprint density at radius 1 is 0.359 bits per heavy atom. The Bertz CT molecular complexity index is 1190. The van der Waals surface area contributed by atoms with Crippen molar-refractivity contribution in [3.05, 3.63) is 85.1 Å². The molecule has 0 aliphatic rings. The van der Waals surface area contributed by atoms with Crippen molar-refractivity contribution in [2.24, 2.45) is 0 Å². The van der Waals surface area contributed by atoms with Gasteiger partial charge in [-0.1, -0.05) is 209 Å². The highest BCUT2D eigenvalue weighted by Crippen LogP contribution is 2.13. The Morgan fingerprint density at radius 3 is 1.16 bits per heavy atom. The highest BCUT2D eigenvalue weighted by molar-refractivity contribution is 5.70. The molecule has 0 saturated heterocycles. The largest absolute Gasteiger partial charge is 0.462 e. The number of allylic oxidation sites excluding steroid dienone is 14. The lowest BCUT2D eigenvalue weighted by atomic mass is 10.1. The molecule has 5 nitrogen and oxygen atoms in total. The zero-order valence-corrected chi connectivity index (χ0v) is 42.3. The third kappa shape index (κ3) is 51.7. The van der Waals surface area contributed by atoms with Crippen molar-refractivity contribution in [1.82, 2.24) is 0 Å². The van der Waals surface area contributed by atoms with Crippen LogP contribution in [-0.2, 0) is 23.8 Å². The van der Waals surface area contributed by atoms with E-state index in [-0.39, 0.29) is 25.2 Å². The molecule has 0 aromatic rings. The molecule has 1 atom stereocenters. The molecule has 0 saturated carbocycles. The summed E-state index contributed by atoms with van der Waals surface area (Å²) in [4.78, 5) is 25.4. The molecule has 0 bridgehead atoms. The molecule has 0 aromatic heterocycles. The Hall–Kier alpha value is -2.92. The minimum Gasteiger partial charge on any atom is -0.462 e. The van der Waals surface area contributed by atoms with Gasteiger partial charge in [0.25, 0.3) is 0 Å². The first-order valence-electron chi connectivity index (χ1n) is 27.1. The summed E-state index contributed by atoms with van der Waals surface area (Å²) in [5.41, 5.74) is 0. The Balaban J connectivity index is 4.34. The van der Waals surface area contributed by atoms with Gasteiger partial charge >= 0.3 is 11.9 Å². The highest BCUT2D eigenvalue weighted by Gasteiger charge is 2.17. The summed E-state index contributed by atoms with van der Waals surface area (Å²) in [5.74, 6) is -0.430. The van der Waals surface area contributed by atoms with Gasteiger partial charge in [-0.25, -0.2) is 0 Å². The fourth-order valence-electron chi connectivity index (χ4n) is 7.35. The third-order valence-corrected chi connectivity index (χ3v) is 11.4. The van der Waals surface area contributed by atoms with Gasteiger partial charge in [0.15, 0.2) is 6.10 Å². The Labute approximate surface area is 397 Å². The fraction of sp³-hybridized carbons (Fsp3) is 0.729. The van der Waals surface area contributed by atoms with Gasteiger partial charge in [-0.15, -0.1) is 0 Å². The van der Waals surface area contributed by atoms with Crippen molar-refractivity contribution in [2.75, 3.05) is 19.8 Å². The zero-order chi connectivity index (χ0) is 46.3. The molecule has 0 N–H and O–H groups in total. The molecular weight excluding hydrogens is 789 g/mol. The average molecular weight is 891 g/mol. The van der Waals surface area contributed by atoms with Crippen molar-refractivity contribution < 1.29 is 23.8 Å². The number of carbonyl (C=O) groups excluding carboxylic acids is 2. The summed E-state index contributed by atoms with van der Waals surface area (Å²) in [6.07, 6.45) is 71.6. The van der Waals surface area contributed by atoms with Gasteiger partial charge in [0, 0.05) is 19.4 Å². The summed E-state index contributed by atoms with van der Waals surface area (Å²) >= 11 is 0. The summed E-state index contributed by atoms with van der Waals surface area (Å²) in [5, 5.41) is 0. The lowest BCUT2D eigenvalue weighted by Gasteiger charge is -2.18. The van der Waals surface area contributed by atoms with Crippen LogP contribution in [0, 0.1) is 0 Å². The van der Waals surface area contributed by atoms with Gasteiger partial charge in [0.1, 0.15) is 6.61 Å². The predicted molar refractivity (Wildman–Crippen MR) is 279 cm³/mol. The van der Waals surface area contributed by atoms with Crippen LogP contribution in [0.5, 0.6) is 0 Å². The van der Waals surface area contributed by atoms with Crippen molar-refractivity contribution in [2.45, 2.75) is 258 Å². The van der Waals surface area contributed by atoms with E-state index in [4.69, 9.17) is 14.2 Å². The molecule has 0 heterocycles. The van der Waals surface area contributed by atoms with Crippen molar-refractivity contribution in [1.29, 1.82) is 0 Å². The topological polar surface area (TPSA) is 61.8 Å². The maximum absolute atomic E-state index is 12.8. The van der Waals surface area contributed by atoms with Crippen LogP contribution in [0.25, 0.3) is 0 Å². The lowest BCUT2D eigenvalue weighted by Crippen LogP contribution is -2.30. The van der Waals surface area contributed by atoms with E-state index in [1.54, 1.807) is 0 Å². The van der Waals surface area contributed by atoms with E-state index < -0.39 is 6.10 Å². The van der Waals surface area contributed by atoms with E-state index in [0.29, 0.717) is 19.4 Å². The van der Waals surface area contributed by atoms with Crippen LogP contribution in [0.1, 0.15) is 252 Å². The van der Waals surface area contributed by atoms with Crippen molar-refractivity contribution in [3.63, 3.8) is 0 Å². The molecule has 0 aliphatic heterocycles. The number of rotatable bonds is 49. The van der Waals surface area contributed by atoms with Crippen LogP contribution in [-0.4, -0.2) is 37.9 Å². The number of hydrogen-bond acceptors (Lipinski definition) is 5. The van der Waals surface area contributed by atoms with Crippen LogP contribution in [0.4, 0.5) is 0 Å². The minimum atomic E-state index is -0.561. The normalized spacial score (nSPS) is 12.9. The average Bonchev–Trinajstić information content (AvgIpc) is 3.30. The third-order valence-electron chi connectivity index (χ3n) is 11.4. The van der Waals surface area contributed by atoms with Crippen molar-refractivity contribution in [3.8, 4) is 0 Å². The monoisotopic (exact) mass is 891 g/mol. The number of carbonyl (C=O) groups is 2. The van der Waals surface area contributed by atoms with Gasteiger partial charge in [0.05, 0.1) is 6.61 Å². The number of unbranched alkanes of at least 4 members (excludes halogenated alkanes) is 24. The van der Waals surface area contributed by atoms with Gasteiger partial charge in [-0.05, 0) is 116 Å². The molecule has 1 unspecified atom stereocenters. The van der Waals surface area contributed by atoms with Gasteiger partial charge in [0.2, 0.25) is 0 Å². The quantitative estimate of drug-likeness (QED) is 0.0346. The van der Waals surface area contributed by atoms with Crippen LogP contribution in [0.2, 0.25) is 0 Å². The van der Waals surface area contributed by atoms with E-state index in [1.807, 2.05) is 0 Å². The first-order chi connectivity index (χ1) is 31.6. The van der Waals surface area contributed by atoms with Crippen molar-refractivity contribution >= 4 is 11.9 Å². The maximum atomic E-state index is 12.8. The number of hydrogen-bond donors (Lipinski definition) is 0. The molecule has 0 radical (unpaired) electrons. The van der Waals surface area contributed by atoms with Crippen LogP contribution in [0.15, 0.2) is 85.1 Å². The zero-order valence-electron chi connectivity index (χ0n) is 42.3. The Morgan fingerprint density at radius 2 is 0.703 bits per heavy atom. The standard InChI is InChI=1S/C59H102O5/c1-4-7-10-13-16-19-22-25-27-28-29-30-31-33-36-39-42-45-48-51-54-62-55-57(64-59(61)53-50-47-44-41-38-34-24-21-18-15-12-9-6-3)56-63-58(60)52-49-46-43-40-37-35-32-26-23-20-17-14-11-8-5-2/h7,10,16,19,21,24-27,29-30,32-33,36,57H,4-6,8-9,11-15,17-18,20,22-23,28,31,34-35,37-56H2,1-3H3/b10-7-,19-16-,24-21-,27-25-,30-29-,32-26-,36-33-. The molecule has 0 amide bonds. The van der Waals surface area contributed by atoms with Gasteiger partial charge in [-0.2, -0.15) is 0 Å². The second-order valence-corrected chi connectivity index (χ2v) is 17.7. The van der Waals surface area contributed by atoms with E-state index in [1.165, 1.54) is 116 Å². The SMILES string of the molecule is CC/C=C\C/C=C\C/C=C\C/C=C\C/C=C\CCCCCCOCC(COC(=O)CCCCCCC/C=C\CCCCCCCC)OC(=O)CCCCCCC/C=C\CCCCCC. The summed E-state index contributed by atoms with van der Waals surface area (Å²) in [6, 6.07) is 0. The molecule has 0 aliphatic carbocycles. The Kier molecular flexibility index (Phi) is 51.9. The molecule has 0 spiro atoms. The summed E-state index contributed by atoms with van der Waals surface area (Å²) < 4.78 is 17.4. The molecule has 368 valence electrons. The first-order valence-corrected chi connectivity index (χ1v) is 27.1. The van der Waals surface area contributed by atoms with E-state index in [9.17, 15) is 9.59 Å². The van der Waals surface area contributed by atoms with Crippen LogP contribution >= 0.6 is 0 Å². The molecule has 0 rings (SSSR count). The molecule has 0 fully saturated rings. The molecular formula is C59H102O5. The highest BCUT2D eigenvalue weighted by atomic mass is 16.6. The van der Waals surface area contributed by atoms with E-state index in [0.717, 1.165) is 103 Å². The van der Waals surface area contributed by atoms with Crippen LogP contribution in [0.3, 0.4) is 0 Å². The summed E-state index contributed by atoms with van der Waals surface area (Å²) in [7, 11) is 0. The number of esters is 2. The number of ether oxygens (including phenoxy) is 3. The second-order valence-electron chi connectivity index (χ2n) is 17.7. The molecule has 5 heteroatoms. The first kappa shape index (κ1) is 61.1. The fourth-order valence-corrected chi connectivity index (χ4v) is 7.35. The van der Waals surface area contributed by atoms with Gasteiger partial charge < -0.3 is 14.2 Å². The second kappa shape index (κ2) is 54.4. The summed E-state index contributed by atoms with van der Waals surface area (Å²) in [6.45, 7) is 7.63. The molecule has 0 aromatic carbocycles. The van der Waals surface area contributed by atoms with Crippen LogP contribution < -0.4 is 0 Å². The molecule has 64 heavy (non-hydrogen) atoms. The smallest absolute Gasteiger partial charge is 0.306 e. The van der Waals surface area contributed by atoms with E-state index in [2.05, 4.69) is 106 Å². The lowest BCUT2D eigenvalue weighted by molar-refractivity contribution is -0.163. The van der Waals surface area contributed by atoms with Gasteiger partial charge in [-0.3, -0.25) is 9.59 Å². The minimum absolute atomic E-state index is 0.0645. The van der Waals surface area contributed by atoms with E-state index >= 15 is 0 Å². The maximum Gasteiger partial charge on any atom is 0.306 e.